The minimum Gasteiger partial charge on any atom is -0.322 e. The van der Waals surface area contributed by atoms with Gasteiger partial charge >= 0.3 is 0 Å². The molecule has 0 aromatic heterocycles. The van der Waals surface area contributed by atoms with Crippen LogP contribution in [-0.2, 0) is 9.59 Å². The van der Waals surface area contributed by atoms with Gasteiger partial charge in [-0.2, -0.15) is 0 Å². The van der Waals surface area contributed by atoms with Crippen LogP contribution in [0.2, 0.25) is 5.02 Å². The lowest BCUT2D eigenvalue weighted by Crippen LogP contribution is -2.31. The van der Waals surface area contributed by atoms with Crippen molar-refractivity contribution in [3.8, 4) is 0 Å². The Balaban J connectivity index is 1.53. The highest BCUT2D eigenvalue weighted by Gasteiger charge is 2.40. The number of thioether (sulfide) groups is 1. The summed E-state index contributed by atoms with van der Waals surface area (Å²) in [6, 6.07) is 22.8. The van der Waals surface area contributed by atoms with Crippen LogP contribution in [0.25, 0.3) is 0 Å². The summed E-state index contributed by atoms with van der Waals surface area (Å²) in [6.45, 7) is 0. The molecule has 4 rings (SSSR count). The molecule has 3 amide bonds. The van der Waals surface area contributed by atoms with Crippen LogP contribution >= 0.6 is 23.4 Å². The van der Waals surface area contributed by atoms with Crippen molar-refractivity contribution in [2.75, 3.05) is 10.2 Å². The first-order valence-electron chi connectivity index (χ1n) is 9.27. The quantitative estimate of drug-likeness (QED) is 0.570. The molecule has 1 saturated heterocycles. The normalized spacial score (nSPS) is 16.0. The number of para-hydroxylation sites is 1. The maximum atomic E-state index is 12.9. The Bertz CT molecular complexity index is 1100. The Labute approximate surface area is 183 Å². The van der Waals surface area contributed by atoms with Crippen LogP contribution in [0.1, 0.15) is 16.8 Å². The van der Waals surface area contributed by atoms with Gasteiger partial charge in [-0.3, -0.25) is 14.4 Å². The topological polar surface area (TPSA) is 66.5 Å². The van der Waals surface area contributed by atoms with Crippen LogP contribution < -0.4 is 10.2 Å². The van der Waals surface area contributed by atoms with Crippen LogP contribution in [0.5, 0.6) is 0 Å². The molecule has 3 aromatic carbocycles. The zero-order valence-corrected chi connectivity index (χ0v) is 17.3. The monoisotopic (exact) mass is 436 g/mol. The summed E-state index contributed by atoms with van der Waals surface area (Å²) >= 11 is 7.13. The smallest absolute Gasteiger partial charge is 0.256 e. The molecule has 1 N–H and O–H groups in total. The molecule has 0 unspecified atom stereocenters. The van der Waals surface area contributed by atoms with Crippen molar-refractivity contribution in [1.29, 1.82) is 0 Å². The molecule has 1 heterocycles. The van der Waals surface area contributed by atoms with Gasteiger partial charge in [0.15, 0.2) is 0 Å². The fraction of sp³-hybridized carbons (Fsp3) is 0.0870. The lowest BCUT2D eigenvalue weighted by Gasteiger charge is -2.16. The summed E-state index contributed by atoms with van der Waals surface area (Å²) in [6.07, 6.45) is 0.0702. The number of imide groups is 1. The second-order valence-corrected chi connectivity index (χ2v) is 8.35. The number of benzene rings is 3. The first-order chi connectivity index (χ1) is 14.5. The van der Waals surface area contributed by atoms with E-state index in [2.05, 4.69) is 5.32 Å². The lowest BCUT2D eigenvalue weighted by atomic mass is 10.2. The van der Waals surface area contributed by atoms with Crippen LogP contribution in [0.4, 0.5) is 11.4 Å². The second kappa shape index (κ2) is 8.73. The zero-order valence-electron chi connectivity index (χ0n) is 15.7. The number of nitrogens with zero attached hydrogens (tertiary/aromatic N) is 1. The van der Waals surface area contributed by atoms with Gasteiger partial charge in [-0.05, 0) is 48.5 Å². The largest absolute Gasteiger partial charge is 0.322 e. The van der Waals surface area contributed by atoms with Gasteiger partial charge < -0.3 is 5.32 Å². The van der Waals surface area contributed by atoms with Crippen molar-refractivity contribution in [2.45, 2.75) is 16.6 Å². The van der Waals surface area contributed by atoms with Crippen molar-refractivity contribution < 1.29 is 14.4 Å². The first-order valence-corrected chi connectivity index (χ1v) is 10.5. The van der Waals surface area contributed by atoms with Crippen molar-refractivity contribution in [3.63, 3.8) is 0 Å². The molecule has 1 aliphatic heterocycles. The highest BCUT2D eigenvalue weighted by atomic mass is 35.5. The number of carbonyl (C=O) groups excluding carboxylic acids is 3. The summed E-state index contributed by atoms with van der Waals surface area (Å²) < 4.78 is 0. The Morgan fingerprint density at radius 2 is 1.60 bits per heavy atom. The number of hydrogen-bond donors (Lipinski definition) is 1. The van der Waals surface area contributed by atoms with Crippen molar-refractivity contribution in [1.82, 2.24) is 0 Å². The minimum absolute atomic E-state index is 0.0702. The van der Waals surface area contributed by atoms with Crippen molar-refractivity contribution in [3.05, 3.63) is 89.4 Å². The van der Waals surface area contributed by atoms with Crippen molar-refractivity contribution >= 4 is 52.5 Å². The van der Waals surface area contributed by atoms with Crippen LogP contribution in [0.3, 0.4) is 0 Å². The summed E-state index contributed by atoms with van der Waals surface area (Å²) in [7, 11) is 0. The number of hydrogen-bond acceptors (Lipinski definition) is 4. The maximum absolute atomic E-state index is 12.9. The Hall–Kier alpha value is -3.09. The van der Waals surface area contributed by atoms with E-state index in [1.165, 1.54) is 16.7 Å². The van der Waals surface area contributed by atoms with Gasteiger partial charge in [0.25, 0.3) is 5.91 Å². The van der Waals surface area contributed by atoms with Gasteiger partial charge in [0.1, 0.15) is 0 Å². The molecule has 3 aromatic rings. The average molecular weight is 437 g/mol. The third kappa shape index (κ3) is 4.25. The molecule has 1 atom stereocenters. The Morgan fingerprint density at radius 1 is 0.933 bits per heavy atom. The van der Waals surface area contributed by atoms with Gasteiger partial charge in [-0.25, -0.2) is 4.90 Å². The summed E-state index contributed by atoms with van der Waals surface area (Å²) in [5.41, 5.74) is 1.63. The zero-order chi connectivity index (χ0) is 21.1. The summed E-state index contributed by atoms with van der Waals surface area (Å²) in [5.74, 6) is -0.840. The van der Waals surface area contributed by atoms with Gasteiger partial charge in [0.05, 0.1) is 16.5 Å². The molecule has 1 fully saturated rings. The number of carbonyl (C=O) groups is 3. The Kier molecular flexibility index (Phi) is 5.88. The second-order valence-electron chi connectivity index (χ2n) is 6.67. The predicted molar refractivity (Wildman–Crippen MR) is 119 cm³/mol. The third-order valence-electron chi connectivity index (χ3n) is 4.62. The number of halogens is 1. The maximum Gasteiger partial charge on any atom is 0.256 e. The lowest BCUT2D eigenvalue weighted by molar-refractivity contribution is -0.121. The molecule has 0 radical (unpaired) electrons. The molecule has 0 saturated carbocycles. The molecule has 0 spiro atoms. The number of rotatable bonds is 5. The highest BCUT2D eigenvalue weighted by Crippen LogP contribution is 2.36. The number of anilines is 2. The van der Waals surface area contributed by atoms with Crippen LogP contribution in [-0.4, -0.2) is 23.0 Å². The van der Waals surface area contributed by atoms with Crippen molar-refractivity contribution in [2.24, 2.45) is 0 Å². The Morgan fingerprint density at radius 3 is 2.33 bits per heavy atom. The van der Waals surface area contributed by atoms with Crippen LogP contribution in [0.15, 0.2) is 83.8 Å². The van der Waals surface area contributed by atoms with Gasteiger partial charge in [0.2, 0.25) is 11.8 Å². The predicted octanol–water partition coefficient (Wildman–Crippen LogP) is 5.02. The number of nitrogens with one attached hydrogen (secondary N) is 1. The fourth-order valence-corrected chi connectivity index (χ4v) is 4.50. The summed E-state index contributed by atoms with van der Waals surface area (Å²) in [4.78, 5) is 40.0. The SMILES string of the molecule is O=C(Nc1ccccc1)c1ccccc1S[C@@H]1CC(=O)N(c2ccc(Cl)cc2)C1=O. The standard InChI is InChI=1S/C23H17ClN2O3S/c24-15-10-12-17(13-11-15)26-21(27)14-20(23(26)29)30-19-9-5-4-8-18(19)22(28)25-16-6-2-1-3-7-16/h1-13,20H,14H2,(H,25,28)/t20-/m1/s1. The van der Waals surface area contributed by atoms with Gasteiger partial charge in [-0.1, -0.05) is 41.9 Å². The molecular weight excluding hydrogens is 420 g/mol. The molecule has 30 heavy (non-hydrogen) atoms. The number of amides is 3. The van der Waals surface area contributed by atoms with E-state index in [4.69, 9.17) is 11.6 Å². The van der Waals surface area contributed by atoms with E-state index in [0.29, 0.717) is 26.9 Å². The molecule has 0 aliphatic carbocycles. The summed E-state index contributed by atoms with van der Waals surface area (Å²) in [5, 5.41) is 2.79. The minimum atomic E-state index is -0.598. The highest BCUT2D eigenvalue weighted by molar-refractivity contribution is 8.00. The van der Waals surface area contributed by atoms with E-state index in [9.17, 15) is 14.4 Å². The van der Waals surface area contributed by atoms with Crippen LogP contribution in [0, 0.1) is 0 Å². The van der Waals surface area contributed by atoms with Gasteiger partial charge in [-0.15, -0.1) is 11.8 Å². The fourth-order valence-electron chi connectivity index (χ4n) is 3.19. The van der Waals surface area contributed by atoms with E-state index in [1.54, 1.807) is 60.7 Å². The molecule has 0 bridgehead atoms. The van der Waals surface area contributed by atoms with E-state index >= 15 is 0 Å². The first kappa shape index (κ1) is 20.2. The third-order valence-corrected chi connectivity index (χ3v) is 6.14. The molecule has 1 aliphatic rings. The molecule has 5 nitrogen and oxygen atoms in total. The van der Waals surface area contributed by atoms with E-state index in [-0.39, 0.29) is 24.1 Å². The van der Waals surface area contributed by atoms with Gasteiger partial charge in [0, 0.05) is 22.0 Å². The average Bonchev–Trinajstić information content (AvgIpc) is 3.03. The molecule has 150 valence electrons. The van der Waals surface area contributed by atoms with E-state index in [0.717, 1.165) is 0 Å². The molecule has 7 heteroatoms. The molecular formula is C23H17ClN2O3S. The van der Waals surface area contributed by atoms with E-state index in [1.807, 2.05) is 18.2 Å². The van der Waals surface area contributed by atoms with E-state index < -0.39 is 5.25 Å².